The van der Waals surface area contributed by atoms with E-state index in [4.69, 9.17) is 0 Å². The fourth-order valence-corrected chi connectivity index (χ4v) is 3.73. The lowest BCUT2D eigenvalue weighted by Gasteiger charge is -2.28. The highest BCUT2D eigenvalue weighted by molar-refractivity contribution is 7.13. The first-order valence-electron chi connectivity index (χ1n) is 7.26. The van der Waals surface area contributed by atoms with Crippen molar-refractivity contribution in [1.29, 1.82) is 0 Å². The second-order valence-corrected chi connectivity index (χ2v) is 6.79. The van der Waals surface area contributed by atoms with E-state index in [0.717, 1.165) is 25.1 Å². The second kappa shape index (κ2) is 5.03. The van der Waals surface area contributed by atoms with Gasteiger partial charge in [0.15, 0.2) is 0 Å². The fourth-order valence-electron chi connectivity index (χ4n) is 3.45. The predicted octanol–water partition coefficient (Wildman–Crippen LogP) is 2.27. The Bertz CT molecular complexity index is 439. The molecule has 2 fully saturated rings. The van der Waals surface area contributed by atoms with Crippen LogP contribution in [0, 0.1) is 11.3 Å². The molecule has 0 aromatic rings. The van der Waals surface area contributed by atoms with Crippen molar-refractivity contribution in [3.8, 4) is 0 Å². The van der Waals surface area contributed by atoms with Gasteiger partial charge in [0.25, 0.3) is 0 Å². The highest BCUT2D eigenvalue weighted by atomic mass is 31.0. The summed E-state index contributed by atoms with van der Waals surface area (Å²) in [6.07, 6.45) is 11.0. The zero-order chi connectivity index (χ0) is 13.5. The van der Waals surface area contributed by atoms with Crippen LogP contribution in [0.1, 0.15) is 32.6 Å². The predicted molar refractivity (Wildman–Crippen MR) is 80.5 cm³/mol. The van der Waals surface area contributed by atoms with Crippen molar-refractivity contribution in [2.45, 2.75) is 38.6 Å². The van der Waals surface area contributed by atoms with Gasteiger partial charge in [-0.2, -0.15) is 0 Å². The maximum absolute atomic E-state index is 12.8. The molecule has 1 heterocycles. The van der Waals surface area contributed by atoms with Gasteiger partial charge >= 0.3 is 0 Å². The van der Waals surface area contributed by atoms with Gasteiger partial charge in [-0.1, -0.05) is 34.5 Å². The van der Waals surface area contributed by atoms with Gasteiger partial charge in [-0.05, 0) is 37.0 Å². The summed E-state index contributed by atoms with van der Waals surface area (Å²) in [6.45, 7) is 4.01. The number of amides is 1. The average molecular weight is 278 g/mol. The van der Waals surface area contributed by atoms with Crippen LogP contribution in [0.5, 0.6) is 0 Å². The van der Waals surface area contributed by atoms with Crippen LogP contribution in [-0.4, -0.2) is 29.9 Å². The van der Waals surface area contributed by atoms with Crippen LogP contribution in [0.3, 0.4) is 0 Å². The minimum Gasteiger partial charge on any atom is -0.334 e. The molecule has 0 radical (unpaired) electrons. The van der Waals surface area contributed by atoms with Gasteiger partial charge in [0, 0.05) is 24.7 Å². The number of carbonyl (C=O) groups is 1. The largest absolute Gasteiger partial charge is 0.334 e. The summed E-state index contributed by atoms with van der Waals surface area (Å²) in [4.78, 5) is 14.9. The van der Waals surface area contributed by atoms with E-state index in [9.17, 15) is 4.79 Å². The maximum atomic E-state index is 12.8. The average Bonchev–Trinajstić information content (AvgIpc) is 3.05. The molecule has 1 saturated carbocycles. The van der Waals surface area contributed by atoms with Crippen molar-refractivity contribution in [3.63, 3.8) is 0 Å². The molecule has 104 valence electrons. The molecule has 0 aromatic carbocycles. The lowest BCUT2D eigenvalue weighted by molar-refractivity contribution is -0.128. The van der Waals surface area contributed by atoms with Crippen molar-refractivity contribution in [1.82, 2.24) is 9.99 Å². The Morgan fingerprint density at radius 3 is 3.00 bits per heavy atom. The summed E-state index contributed by atoms with van der Waals surface area (Å²) in [5.41, 5.74) is 1.46. The summed E-state index contributed by atoms with van der Waals surface area (Å²) in [7, 11) is 2.56. The van der Waals surface area contributed by atoms with Crippen LogP contribution >= 0.6 is 9.39 Å². The first-order valence-corrected chi connectivity index (χ1v) is 7.84. The number of likely N-dealkylation sites (tertiary alicyclic amines) is 1. The topological polar surface area (TPSA) is 32.3 Å². The molecule has 2 aliphatic carbocycles. The summed E-state index contributed by atoms with van der Waals surface area (Å²) in [5, 5.41) is 3.16. The van der Waals surface area contributed by atoms with E-state index in [-0.39, 0.29) is 5.91 Å². The van der Waals surface area contributed by atoms with Crippen molar-refractivity contribution in [2.75, 3.05) is 13.1 Å². The highest BCUT2D eigenvalue weighted by Crippen LogP contribution is 2.55. The molecule has 0 aromatic heterocycles. The van der Waals surface area contributed by atoms with Crippen LogP contribution in [0.25, 0.3) is 0 Å². The van der Waals surface area contributed by atoms with Crippen molar-refractivity contribution >= 4 is 15.3 Å². The van der Waals surface area contributed by atoms with Gasteiger partial charge in [0.1, 0.15) is 0 Å². The molecule has 3 nitrogen and oxygen atoms in total. The fraction of sp³-hybridized carbons (Fsp3) is 0.667. The third kappa shape index (κ3) is 2.51. The molecule has 1 spiro atoms. The molecular formula is C15H23N2OP. The van der Waals surface area contributed by atoms with E-state index >= 15 is 0 Å². The number of allylic oxidation sites excluding steroid dienone is 3. The van der Waals surface area contributed by atoms with Gasteiger partial charge in [0.05, 0.1) is 0 Å². The van der Waals surface area contributed by atoms with Gasteiger partial charge in [-0.15, -0.1) is 0 Å². The van der Waals surface area contributed by atoms with Gasteiger partial charge in [0.2, 0.25) is 5.91 Å². The van der Waals surface area contributed by atoms with E-state index in [2.05, 4.69) is 32.4 Å². The molecule has 4 heteroatoms. The Balaban J connectivity index is 1.77. The van der Waals surface area contributed by atoms with Crippen LogP contribution in [-0.2, 0) is 4.79 Å². The lowest BCUT2D eigenvalue weighted by atomic mass is 9.92. The summed E-state index contributed by atoms with van der Waals surface area (Å²) < 4.78 is 0. The Morgan fingerprint density at radius 1 is 1.58 bits per heavy atom. The van der Waals surface area contributed by atoms with E-state index in [1.807, 2.05) is 12.2 Å². The Hall–Kier alpha value is -0.660. The molecule has 0 bridgehead atoms. The first kappa shape index (κ1) is 13.3. The van der Waals surface area contributed by atoms with Gasteiger partial charge < -0.3 is 4.90 Å². The highest BCUT2D eigenvalue weighted by Gasteiger charge is 2.53. The van der Waals surface area contributed by atoms with Gasteiger partial charge in [-0.3, -0.25) is 9.88 Å². The molecule has 3 unspecified atom stereocenters. The third-order valence-corrected chi connectivity index (χ3v) is 5.10. The number of nitrogens with one attached hydrogen (secondary N) is 1. The van der Waals surface area contributed by atoms with Crippen LogP contribution < -0.4 is 5.09 Å². The monoisotopic (exact) mass is 278 g/mol. The molecule has 1 aliphatic heterocycles. The van der Waals surface area contributed by atoms with Crippen LogP contribution in [0.15, 0.2) is 23.8 Å². The Kier molecular flexibility index (Phi) is 3.53. The van der Waals surface area contributed by atoms with Crippen LogP contribution in [0.2, 0.25) is 0 Å². The summed E-state index contributed by atoms with van der Waals surface area (Å²) >= 11 is 0. The first-order chi connectivity index (χ1) is 9.15. The molecular weight excluding hydrogens is 255 g/mol. The third-order valence-electron chi connectivity index (χ3n) is 4.87. The zero-order valence-electron chi connectivity index (χ0n) is 11.6. The summed E-state index contributed by atoms with van der Waals surface area (Å²) in [6, 6.07) is 0.367. The smallest absolute Gasteiger partial charge is 0.250 e. The SMILES string of the molecule is CC1CC=CC=C1C(=O)N1CC2(CC2)CC1CNP. The van der Waals surface area contributed by atoms with E-state index in [0.29, 0.717) is 17.4 Å². The second-order valence-electron chi connectivity index (χ2n) is 6.39. The van der Waals surface area contributed by atoms with Crippen molar-refractivity contribution < 1.29 is 4.79 Å². The zero-order valence-corrected chi connectivity index (χ0v) is 12.7. The quantitative estimate of drug-likeness (QED) is 0.803. The lowest BCUT2D eigenvalue weighted by Crippen LogP contribution is -2.41. The number of hydrogen-bond acceptors (Lipinski definition) is 2. The van der Waals surface area contributed by atoms with Gasteiger partial charge in [-0.25, -0.2) is 0 Å². The van der Waals surface area contributed by atoms with E-state index < -0.39 is 0 Å². The van der Waals surface area contributed by atoms with E-state index in [1.165, 1.54) is 19.3 Å². The maximum Gasteiger partial charge on any atom is 0.250 e. The molecule has 19 heavy (non-hydrogen) atoms. The minimum atomic E-state index is 0.269. The van der Waals surface area contributed by atoms with Crippen molar-refractivity contribution in [2.24, 2.45) is 11.3 Å². The van der Waals surface area contributed by atoms with Crippen LogP contribution in [0.4, 0.5) is 0 Å². The standard InChI is InChI=1S/C15H23N2OP/c1-11-4-2-3-5-13(11)14(18)17-10-15(6-7-15)8-12(17)9-16-19/h2-3,5,11-12,16H,4,6-10,19H2,1H3. The molecule has 1 amide bonds. The number of nitrogens with zero attached hydrogens (tertiary/aromatic N) is 1. The minimum absolute atomic E-state index is 0.269. The van der Waals surface area contributed by atoms with E-state index in [1.54, 1.807) is 0 Å². The molecule has 1 saturated heterocycles. The number of rotatable bonds is 3. The normalized spacial score (nSPS) is 31.7. The molecule has 1 N–H and O–H groups in total. The number of carbonyl (C=O) groups excluding carboxylic acids is 1. The molecule has 3 rings (SSSR count). The van der Waals surface area contributed by atoms with Crippen molar-refractivity contribution in [3.05, 3.63) is 23.8 Å². The summed E-state index contributed by atoms with van der Waals surface area (Å²) in [5.74, 6) is 0.628. The number of hydrogen-bond donors (Lipinski definition) is 1. The Labute approximate surface area is 117 Å². The molecule has 3 aliphatic rings. The molecule has 3 atom stereocenters. The Morgan fingerprint density at radius 2 is 2.37 bits per heavy atom.